The van der Waals surface area contributed by atoms with Crippen molar-refractivity contribution in [1.82, 2.24) is 5.32 Å². The average molecular weight is 287 g/mol. The molecule has 1 aromatic rings. The molecular weight excluding hydrogens is 258 g/mol. The van der Waals surface area contributed by atoms with Gasteiger partial charge in [0.1, 0.15) is 5.75 Å². The van der Waals surface area contributed by atoms with Gasteiger partial charge in [-0.25, -0.2) is 0 Å². The van der Waals surface area contributed by atoms with Crippen LogP contribution in [0.15, 0.2) is 24.3 Å². The fraction of sp³-hybridized carbons (Fsp3) is 0.684. The Morgan fingerprint density at radius 1 is 1.19 bits per heavy atom. The number of benzene rings is 1. The average Bonchev–Trinajstić information content (AvgIpc) is 3.06. The summed E-state index contributed by atoms with van der Waals surface area (Å²) in [4.78, 5) is 0. The highest BCUT2D eigenvalue weighted by atomic mass is 16.5. The second kappa shape index (κ2) is 7.31. The van der Waals surface area contributed by atoms with Crippen LogP contribution in [0.5, 0.6) is 5.75 Å². The Hall–Kier alpha value is -1.02. The normalized spacial score (nSPS) is 23.6. The molecule has 0 radical (unpaired) electrons. The van der Waals surface area contributed by atoms with Gasteiger partial charge < -0.3 is 10.1 Å². The van der Waals surface area contributed by atoms with Gasteiger partial charge in [-0.3, -0.25) is 0 Å². The molecule has 1 aliphatic carbocycles. The largest absolute Gasteiger partial charge is 0.493 e. The summed E-state index contributed by atoms with van der Waals surface area (Å²) in [6, 6.07) is 9.34. The number of para-hydroxylation sites is 1. The number of fused-ring (bicyclic) bond motifs is 1. The monoisotopic (exact) mass is 287 g/mol. The minimum Gasteiger partial charge on any atom is -0.493 e. The van der Waals surface area contributed by atoms with E-state index < -0.39 is 0 Å². The van der Waals surface area contributed by atoms with Gasteiger partial charge in [-0.1, -0.05) is 38.0 Å². The maximum atomic E-state index is 5.82. The quantitative estimate of drug-likeness (QED) is 0.831. The Morgan fingerprint density at radius 2 is 2.00 bits per heavy atom. The third-order valence-corrected chi connectivity index (χ3v) is 5.25. The van der Waals surface area contributed by atoms with E-state index in [9.17, 15) is 0 Å². The van der Waals surface area contributed by atoms with Crippen molar-refractivity contribution in [1.29, 1.82) is 0 Å². The minimum absolute atomic E-state index is 0.671. The highest BCUT2D eigenvalue weighted by Gasteiger charge is 2.29. The lowest BCUT2D eigenvalue weighted by atomic mass is 9.83. The molecule has 0 aromatic heterocycles. The van der Waals surface area contributed by atoms with Crippen molar-refractivity contribution >= 4 is 0 Å². The lowest BCUT2D eigenvalue weighted by Gasteiger charge is -2.32. The minimum atomic E-state index is 0.671. The van der Waals surface area contributed by atoms with Crippen molar-refractivity contribution < 1.29 is 4.74 Å². The zero-order valence-corrected chi connectivity index (χ0v) is 13.3. The smallest absolute Gasteiger partial charge is 0.122 e. The number of hydrogen-bond acceptors (Lipinski definition) is 2. The Morgan fingerprint density at radius 3 is 2.81 bits per heavy atom. The van der Waals surface area contributed by atoms with Crippen LogP contribution in [0.4, 0.5) is 0 Å². The van der Waals surface area contributed by atoms with Crippen molar-refractivity contribution in [3.05, 3.63) is 29.8 Å². The number of ether oxygens (including phenoxy) is 1. The molecule has 2 heteroatoms. The van der Waals surface area contributed by atoms with Gasteiger partial charge in [0.2, 0.25) is 0 Å². The standard InChI is InChI=1S/C19H29NO/c1-2-12-20-18(15-7-3-4-8-15)14-16-11-13-21-19-10-6-5-9-17(16)19/h5-6,9-10,15-16,18,20H,2-4,7-8,11-14H2,1H3. The molecular formula is C19H29NO. The molecule has 1 aliphatic heterocycles. The van der Waals surface area contributed by atoms with Crippen molar-refractivity contribution in [3.8, 4) is 5.75 Å². The molecule has 2 nitrogen and oxygen atoms in total. The van der Waals surface area contributed by atoms with E-state index in [1.54, 1.807) is 0 Å². The van der Waals surface area contributed by atoms with Gasteiger partial charge in [0.05, 0.1) is 6.61 Å². The Kier molecular flexibility index (Phi) is 5.18. The van der Waals surface area contributed by atoms with Gasteiger partial charge in [0.25, 0.3) is 0 Å². The molecule has 0 amide bonds. The predicted octanol–water partition coefficient (Wildman–Crippen LogP) is 4.50. The third-order valence-electron chi connectivity index (χ3n) is 5.25. The molecule has 116 valence electrons. The molecule has 2 unspecified atom stereocenters. The second-order valence-electron chi connectivity index (χ2n) is 6.71. The number of nitrogens with one attached hydrogen (secondary N) is 1. The highest BCUT2D eigenvalue weighted by Crippen LogP contribution is 2.39. The molecule has 21 heavy (non-hydrogen) atoms. The first-order valence-corrected chi connectivity index (χ1v) is 8.83. The summed E-state index contributed by atoms with van der Waals surface area (Å²) in [5.74, 6) is 2.69. The summed E-state index contributed by atoms with van der Waals surface area (Å²) < 4.78 is 5.82. The first-order chi connectivity index (χ1) is 10.4. The van der Waals surface area contributed by atoms with Crippen molar-refractivity contribution in [3.63, 3.8) is 0 Å². The van der Waals surface area contributed by atoms with E-state index >= 15 is 0 Å². The van der Waals surface area contributed by atoms with Crippen molar-refractivity contribution in [2.75, 3.05) is 13.2 Å². The van der Waals surface area contributed by atoms with E-state index in [0.717, 1.165) is 24.8 Å². The van der Waals surface area contributed by atoms with Gasteiger partial charge in [-0.15, -0.1) is 0 Å². The van der Waals surface area contributed by atoms with Crippen LogP contribution in [-0.4, -0.2) is 19.2 Å². The summed E-state index contributed by atoms with van der Waals surface area (Å²) >= 11 is 0. The van der Waals surface area contributed by atoms with E-state index in [2.05, 4.69) is 36.5 Å². The van der Waals surface area contributed by atoms with Gasteiger partial charge in [0, 0.05) is 6.04 Å². The van der Waals surface area contributed by atoms with Crippen LogP contribution in [0.25, 0.3) is 0 Å². The Labute approximate surface area is 129 Å². The molecule has 0 bridgehead atoms. The maximum absolute atomic E-state index is 5.82. The fourth-order valence-corrected chi connectivity index (χ4v) is 4.10. The fourth-order valence-electron chi connectivity index (χ4n) is 4.10. The van der Waals surface area contributed by atoms with Crippen LogP contribution in [0.3, 0.4) is 0 Å². The molecule has 0 saturated heterocycles. The molecule has 1 N–H and O–H groups in total. The van der Waals surface area contributed by atoms with Gasteiger partial charge in [-0.2, -0.15) is 0 Å². The Balaban J connectivity index is 1.70. The zero-order valence-electron chi connectivity index (χ0n) is 13.3. The van der Waals surface area contributed by atoms with Gasteiger partial charge in [0.15, 0.2) is 0 Å². The van der Waals surface area contributed by atoms with Crippen LogP contribution < -0.4 is 10.1 Å². The third kappa shape index (κ3) is 3.60. The summed E-state index contributed by atoms with van der Waals surface area (Å²) in [6.45, 7) is 4.31. The molecule has 1 aromatic carbocycles. The van der Waals surface area contributed by atoms with Crippen LogP contribution in [0, 0.1) is 5.92 Å². The van der Waals surface area contributed by atoms with Crippen molar-refractivity contribution in [2.45, 2.75) is 63.8 Å². The first kappa shape index (κ1) is 14.9. The van der Waals surface area contributed by atoms with E-state index in [4.69, 9.17) is 4.74 Å². The van der Waals surface area contributed by atoms with Crippen LogP contribution in [-0.2, 0) is 0 Å². The van der Waals surface area contributed by atoms with Gasteiger partial charge >= 0.3 is 0 Å². The van der Waals surface area contributed by atoms with E-state index in [0.29, 0.717) is 12.0 Å². The molecule has 2 atom stereocenters. The highest BCUT2D eigenvalue weighted by molar-refractivity contribution is 5.37. The molecule has 3 rings (SSSR count). The predicted molar refractivity (Wildman–Crippen MR) is 88.0 cm³/mol. The number of rotatable bonds is 6. The van der Waals surface area contributed by atoms with Gasteiger partial charge in [-0.05, 0) is 62.1 Å². The van der Waals surface area contributed by atoms with Crippen LogP contribution >= 0.6 is 0 Å². The lowest BCUT2D eigenvalue weighted by Crippen LogP contribution is -2.37. The van der Waals surface area contributed by atoms with Crippen LogP contribution in [0.2, 0.25) is 0 Å². The molecule has 0 spiro atoms. The molecule has 1 saturated carbocycles. The molecule has 1 heterocycles. The lowest BCUT2D eigenvalue weighted by molar-refractivity contribution is 0.240. The number of hydrogen-bond donors (Lipinski definition) is 1. The van der Waals surface area contributed by atoms with E-state index in [1.807, 2.05) is 0 Å². The summed E-state index contributed by atoms with van der Waals surface area (Å²) in [6.07, 6.45) is 9.39. The first-order valence-electron chi connectivity index (χ1n) is 8.83. The van der Waals surface area contributed by atoms with E-state index in [1.165, 1.54) is 50.5 Å². The Bertz CT molecular complexity index is 439. The summed E-state index contributed by atoms with van der Waals surface area (Å²) in [5, 5.41) is 3.85. The second-order valence-corrected chi connectivity index (χ2v) is 6.71. The summed E-state index contributed by atoms with van der Waals surface area (Å²) in [5.41, 5.74) is 1.44. The molecule has 2 aliphatic rings. The maximum Gasteiger partial charge on any atom is 0.122 e. The zero-order chi connectivity index (χ0) is 14.5. The van der Waals surface area contributed by atoms with Crippen LogP contribution in [0.1, 0.15) is 63.4 Å². The molecule has 1 fully saturated rings. The SMILES string of the molecule is CCCNC(CC1CCOc2ccccc21)C1CCCC1. The van der Waals surface area contributed by atoms with Crippen molar-refractivity contribution in [2.24, 2.45) is 5.92 Å². The summed E-state index contributed by atoms with van der Waals surface area (Å²) in [7, 11) is 0. The topological polar surface area (TPSA) is 21.3 Å². The van der Waals surface area contributed by atoms with E-state index in [-0.39, 0.29) is 0 Å².